The zero-order valence-corrected chi connectivity index (χ0v) is 18.1. The third kappa shape index (κ3) is 4.74. The van der Waals surface area contributed by atoms with Crippen molar-refractivity contribution in [3.63, 3.8) is 0 Å². The van der Waals surface area contributed by atoms with E-state index in [2.05, 4.69) is 4.98 Å². The molecule has 5 rings (SSSR count). The van der Waals surface area contributed by atoms with Gasteiger partial charge in [-0.2, -0.15) is 0 Å². The molecular weight excluding hydrogens is 439 g/mol. The Bertz CT molecular complexity index is 1310. The van der Waals surface area contributed by atoms with E-state index in [0.717, 1.165) is 45.4 Å². The summed E-state index contributed by atoms with van der Waals surface area (Å²) in [5.74, 6) is 0. The van der Waals surface area contributed by atoms with Crippen molar-refractivity contribution < 1.29 is 16.5 Å². The molecule has 0 atom stereocenters. The van der Waals surface area contributed by atoms with Gasteiger partial charge in [-0.05, 0) is 42.0 Å². The van der Waals surface area contributed by atoms with Crippen LogP contribution in [-0.4, -0.2) is 15.0 Å². The van der Waals surface area contributed by atoms with Crippen LogP contribution in [0.5, 0.6) is 0 Å². The Kier molecular flexibility index (Phi) is 6.69. The smallest absolute Gasteiger partial charge is 0.0894 e. The first kappa shape index (κ1) is 21.4. The van der Waals surface area contributed by atoms with Gasteiger partial charge in [-0.3, -0.25) is 4.98 Å². The van der Waals surface area contributed by atoms with Crippen LogP contribution in [0.3, 0.4) is 0 Å². The maximum absolute atomic E-state index is 4.91. The van der Waals surface area contributed by atoms with Crippen molar-refractivity contribution in [1.29, 1.82) is 0 Å². The number of pyridine rings is 3. The van der Waals surface area contributed by atoms with Gasteiger partial charge in [0.2, 0.25) is 0 Å². The summed E-state index contributed by atoms with van der Waals surface area (Å²) in [4.78, 5) is 14.1. The summed E-state index contributed by atoms with van der Waals surface area (Å²) in [6.07, 6.45) is 1.77. The number of hydrogen-bond acceptors (Lipinski definition) is 3. The predicted molar refractivity (Wildman–Crippen MR) is 125 cm³/mol. The Balaban J connectivity index is 0.00000245. The fraction of sp³-hybridized carbons (Fsp3) is 0. The summed E-state index contributed by atoms with van der Waals surface area (Å²) in [5, 5.41) is 4.81. The Hall–Kier alpha value is -3.82. The maximum atomic E-state index is 4.91. The third-order valence-corrected chi connectivity index (χ3v) is 4.87. The van der Waals surface area contributed by atoms with E-state index in [4.69, 9.17) is 15.3 Å². The average molecular weight is 458 g/mol. The van der Waals surface area contributed by atoms with Crippen LogP contribution in [0.2, 0.25) is 0 Å². The average Bonchev–Trinajstić information content (AvgIpc) is 2.86. The maximum Gasteiger partial charge on any atom is 0.0894 e. The van der Waals surface area contributed by atoms with E-state index < -0.39 is 0 Å². The second kappa shape index (κ2) is 9.99. The molecule has 0 saturated heterocycles. The van der Waals surface area contributed by atoms with Crippen molar-refractivity contribution in [2.75, 3.05) is 0 Å². The van der Waals surface area contributed by atoms with Gasteiger partial charge in [-0.25, -0.2) is 9.97 Å². The number of para-hydroxylation sites is 2. The van der Waals surface area contributed by atoms with Crippen molar-refractivity contribution in [2.45, 2.75) is 0 Å². The molecule has 158 valence electrons. The first-order valence-corrected chi connectivity index (χ1v) is 10.1. The number of aromatic nitrogens is 3. The fourth-order valence-corrected chi connectivity index (χ4v) is 3.39. The topological polar surface area (TPSA) is 52.8 Å². The number of nitrogens with zero attached hydrogens (tertiary/aromatic N) is 4. The fourth-order valence-electron chi connectivity index (χ4n) is 3.39. The van der Waals surface area contributed by atoms with Crippen LogP contribution in [0.15, 0.2) is 115 Å². The van der Waals surface area contributed by atoms with Crippen LogP contribution in [0, 0.1) is 0 Å². The summed E-state index contributed by atoms with van der Waals surface area (Å²) in [7, 11) is 0. The Morgan fingerprint density at radius 3 is 1.75 bits per heavy atom. The van der Waals surface area contributed by atoms with Gasteiger partial charge in [-0.15, -0.1) is 11.4 Å². The summed E-state index contributed by atoms with van der Waals surface area (Å²) < 4.78 is 0. The van der Waals surface area contributed by atoms with Crippen molar-refractivity contribution in [1.82, 2.24) is 15.0 Å². The van der Waals surface area contributed by atoms with Crippen LogP contribution >= 0.6 is 0 Å². The van der Waals surface area contributed by atoms with Crippen molar-refractivity contribution in [3.05, 3.63) is 121 Å². The molecule has 0 amide bonds. The molecule has 0 bridgehead atoms. The Morgan fingerprint density at radius 2 is 1.03 bits per heavy atom. The van der Waals surface area contributed by atoms with Gasteiger partial charge in [0.1, 0.15) is 0 Å². The molecule has 3 heterocycles. The largest absolute Gasteiger partial charge is 0.657 e. The molecule has 5 aromatic rings. The van der Waals surface area contributed by atoms with Crippen LogP contribution in [0.4, 0.5) is 11.4 Å². The minimum absolute atomic E-state index is 0. The van der Waals surface area contributed by atoms with E-state index in [1.54, 1.807) is 6.20 Å². The van der Waals surface area contributed by atoms with Crippen LogP contribution in [0.1, 0.15) is 0 Å². The number of benzene rings is 2. The van der Waals surface area contributed by atoms with Crippen molar-refractivity contribution in [2.24, 2.45) is 0 Å². The minimum Gasteiger partial charge on any atom is -0.657 e. The van der Waals surface area contributed by atoms with E-state index in [-0.39, 0.29) is 16.5 Å². The quantitative estimate of drug-likeness (QED) is 0.262. The zero-order valence-electron chi connectivity index (χ0n) is 17.1. The molecule has 4 nitrogen and oxygen atoms in total. The summed E-state index contributed by atoms with van der Waals surface area (Å²) >= 11 is 0. The normalized spacial score (nSPS) is 10.2. The molecule has 0 spiro atoms. The van der Waals surface area contributed by atoms with E-state index in [9.17, 15) is 0 Å². The Labute approximate surface area is 197 Å². The summed E-state index contributed by atoms with van der Waals surface area (Å²) in [6, 6.07) is 35.7. The van der Waals surface area contributed by atoms with Gasteiger partial charge < -0.3 is 5.32 Å². The third-order valence-electron chi connectivity index (χ3n) is 4.87. The van der Waals surface area contributed by atoms with E-state index in [0.29, 0.717) is 0 Å². The van der Waals surface area contributed by atoms with Gasteiger partial charge >= 0.3 is 0 Å². The van der Waals surface area contributed by atoms with Crippen LogP contribution < -0.4 is 0 Å². The second-order valence-corrected chi connectivity index (χ2v) is 7.00. The first-order chi connectivity index (χ1) is 15.4. The van der Waals surface area contributed by atoms with Crippen molar-refractivity contribution in [3.8, 4) is 34.0 Å². The summed E-state index contributed by atoms with van der Waals surface area (Å²) in [5.41, 5.74) is 6.92. The second-order valence-electron chi connectivity index (χ2n) is 7.00. The van der Waals surface area contributed by atoms with E-state index >= 15 is 0 Å². The van der Waals surface area contributed by atoms with Crippen molar-refractivity contribution >= 4 is 11.4 Å². The molecule has 0 radical (unpaired) electrons. The van der Waals surface area contributed by atoms with E-state index in [1.807, 2.05) is 109 Å². The summed E-state index contributed by atoms with van der Waals surface area (Å²) in [6.45, 7) is 0. The molecule has 32 heavy (non-hydrogen) atoms. The molecule has 0 N–H and O–H groups in total. The first-order valence-electron chi connectivity index (χ1n) is 10.1. The van der Waals surface area contributed by atoms with Gasteiger partial charge in [0.15, 0.2) is 0 Å². The zero-order chi connectivity index (χ0) is 20.9. The number of hydrogen-bond donors (Lipinski definition) is 0. The molecule has 5 heteroatoms. The molecule has 2 aromatic carbocycles. The van der Waals surface area contributed by atoms with Crippen LogP contribution in [0.25, 0.3) is 39.3 Å². The Morgan fingerprint density at radius 1 is 0.469 bits per heavy atom. The van der Waals surface area contributed by atoms with Crippen LogP contribution in [-0.2, 0) is 16.5 Å². The number of rotatable bonds is 5. The van der Waals surface area contributed by atoms with E-state index in [1.165, 1.54) is 0 Å². The minimum atomic E-state index is 0. The SMILES string of the molecule is [Ni].c1ccc([N-]c2ccccc2-c2cccc(-c3cccc(-c4ccccn4)n3)n2)cc1. The molecule has 0 aliphatic heterocycles. The molecule has 0 fully saturated rings. The van der Waals surface area contributed by atoms with Gasteiger partial charge in [-0.1, -0.05) is 72.8 Å². The standard InChI is InChI=1S/C27H19N4.Ni/c1-2-10-20(11-3-1)29-22-13-5-4-12-21(22)23-15-8-17-26(30-23)27-18-9-16-25(31-27)24-14-6-7-19-28-24;/h1-19H;/q-1;. The predicted octanol–water partition coefficient (Wildman–Crippen LogP) is 7.21. The molecule has 0 aliphatic rings. The molecular formula is C27H19N4Ni-. The molecule has 0 aliphatic carbocycles. The van der Waals surface area contributed by atoms with Gasteiger partial charge in [0.05, 0.1) is 28.5 Å². The monoisotopic (exact) mass is 457 g/mol. The van der Waals surface area contributed by atoms with Gasteiger partial charge in [0.25, 0.3) is 0 Å². The molecule has 0 unspecified atom stereocenters. The molecule has 0 saturated carbocycles. The van der Waals surface area contributed by atoms with Gasteiger partial charge in [0, 0.05) is 22.7 Å². The molecule has 3 aromatic heterocycles.